The molecule has 0 N–H and O–H groups in total. The molecule has 1 rings (SSSR count). The summed E-state index contributed by atoms with van der Waals surface area (Å²) in [7, 11) is 0. The lowest BCUT2D eigenvalue weighted by Gasteiger charge is -2.39. The van der Waals surface area contributed by atoms with Gasteiger partial charge in [0.05, 0.1) is 6.26 Å². The largest absolute Gasteiger partial charge is 0.468 e. The monoisotopic (exact) mass is 222 g/mol. The molecule has 0 saturated heterocycles. The van der Waals surface area contributed by atoms with Crippen molar-refractivity contribution in [3.8, 4) is 0 Å². The van der Waals surface area contributed by atoms with Gasteiger partial charge in [0.25, 0.3) is 0 Å². The highest BCUT2D eigenvalue weighted by Crippen LogP contribution is 2.44. The van der Waals surface area contributed by atoms with E-state index in [4.69, 9.17) is 4.42 Å². The predicted octanol–water partition coefficient (Wildman–Crippen LogP) is 4.90. The van der Waals surface area contributed by atoms with Crippen LogP contribution in [0.3, 0.4) is 0 Å². The molecular formula is C15H26O. The van der Waals surface area contributed by atoms with E-state index in [2.05, 4.69) is 61.5 Å². The molecule has 1 aromatic rings. The molecule has 0 radical (unpaired) electrons. The molecular weight excluding hydrogens is 196 g/mol. The summed E-state index contributed by atoms with van der Waals surface area (Å²) < 4.78 is 5.78. The molecule has 0 saturated carbocycles. The zero-order chi connectivity index (χ0) is 12.8. The number of hydrogen-bond acceptors (Lipinski definition) is 1. The van der Waals surface area contributed by atoms with Gasteiger partial charge in [0.15, 0.2) is 0 Å². The van der Waals surface area contributed by atoms with Crippen molar-refractivity contribution in [2.45, 2.75) is 66.2 Å². The van der Waals surface area contributed by atoms with Gasteiger partial charge in [-0.2, -0.15) is 0 Å². The van der Waals surface area contributed by atoms with Gasteiger partial charge >= 0.3 is 0 Å². The molecule has 1 heteroatoms. The van der Waals surface area contributed by atoms with Crippen LogP contribution >= 0.6 is 0 Å². The summed E-state index contributed by atoms with van der Waals surface area (Å²) in [6.45, 7) is 18.0. The molecule has 0 amide bonds. The quantitative estimate of drug-likeness (QED) is 0.658. The molecule has 0 spiro atoms. The summed E-state index contributed by atoms with van der Waals surface area (Å²) in [5, 5.41) is 0. The standard InChI is InChI=1S/C15H26O/c1-13(2,3)11-9-10-16-12(11)15(7,8)14(4,5)6/h9-10H,1-8H3. The summed E-state index contributed by atoms with van der Waals surface area (Å²) in [6, 6.07) is 2.11. The minimum Gasteiger partial charge on any atom is -0.468 e. The maximum absolute atomic E-state index is 5.78. The Morgan fingerprint density at radius 1 is 0.875 bits per heavy atom. The van der Waals surface area contributed by atoms with E-state index in [1.54, 1.807) is 0 Å². The minimum atomic E-state index is 0.0408. The Labute approximate surface area is 100 Å². The van der Waals surface area contributed by atoms with E-state index in [9.17, 15) is 0 Å². The highest BCUT2D eigenvalue weighted by molar-refractivity contribution is 5.31. The van der Waals surface area contributed by atoms with Gasteiger partial charge in [-0.15, -0.1) is 0 Å². The maximum Gasteiger partial charge on any atom is 0.113 e. The van der Waals surface area contributed by atoms with E-state index in [0.717, 1.165) is 5.76 Å². The number of furan rings is 1. The van der Waals surface area contributed by atoms with Crippen molar-refractivity contribution in [3.63, 3.8) is 0 Å². The van der Waals surface area contributed by atoms with Gasteiger partial charge in [0, 0.05) is 5.41 Å². The van der Waals surface area contributed by atoms with Crippen molar-refractivity contribution in [2.24, 2.45) is 5.41 Å². The summed E-state index contributed by atoms with van der Waals surface area (Å²) in [4.78, 5) is 0. The zero-order valence-electron chi connectivity index (χ0n) is 12.1. The van der Waals surface area contributed by atoms with Crippen molar-refractivity contribution in [3.05, 3.63) is 23.7 Å². The van der Waals surface area contributed by atoms with Crippen LogP contribution in [0.25, 0.3) is 0 Å². The molecule has 0 aromatic carbocycles. The summed E-state index contributed by atoms with van der Waals surface area (Å²) in [5.41, 5.74) is 1.70. The average molecular weight is 222 g/mol. The fraction of sp³-hybridized carbons (Fsp3) is 0.733. The van der Waals surface area contributed by atoms with Crippen LogP contribution < -0.4 is 0 Å². The van der Waals surface area contributed by atoms with Crippen LogP contribution in [0, 0.1) is 5.41 Å². The van der Waals surface area contributed by atoms with Crippen molar-refractivity contribution in [1.29, 1.82) is 0 Å². The van der Waals surface area contributed by atoms with Crippen molar-refractivity contribution in [2.75, 3.05) is 0 Å². The third-order valence-electron chi connectivity index (χ3n) is 3.92. The van der Waals surface area contributed by atoms with Crippen LogP contribution in [-0.4, -0.2) is 0 Å². The van der Waals surface area contributed by atoms with Crippen LogP contribution in [0.5, 0.6) is 0 Å². The second-order valence-corrected chi connectivity index (χ2v) is 7.29. The molecule has 92 valence electrons. The predicted molar refractivity (Wildman–Crippen MR) is 69.9 cm³/mol. The van der Waals surface area contributed by atoms with E-state index >= 15 is 0 Å². The smallest absolute Gasteiger partial charge is 0.113 e. The van der Waals surface area contributed by atoms with Gasteiger partial charge in [0.1, 0.15) is 5.76 Å². The van der Waals surface area contributed by atoms with Crippen molar-refractivity contribution in [1.82, 2.24) is 0 Å². The summed E-state index contributed by atoms with van der Waals surface area (Å²) in [5.74, 6) is 1.13. The highest BCUT2D eigenvalue weighted by atomic mass is 16.3. The Hall–Kier alpha value is -0.720. The SMILES string of the molecule is CC(C)(C)c1ccoc1C(C)(C)C(C)(C)C. The molecule has 0 atom stereocenters. The van der Waals surface area contributed by atoms with Crippen LogP contribution in [0.2, 0.25) is 0 Å². The fourth-order valence-corrected chi connectivity index (χ4v) is 1.72. The van der Waals surface area contributed by atoms with E-state index in [1.807, 2.05) is 6.26 Å². The molecule has 0 aliphatic carbocycles. The van der Waals surface area contributed by atoms with Gasteiger partial charge in [-0.25, -0.2) is 0 Å². The highest BCUT2D eigenvalue weighted by Gasteiger charge is 2.40. The Kier molecular flexibility index (Phi) is 3.04. The number of hydrogen-bond donors (Lipinski definition) is 0. The lowest BCUT2D eigenvalue weighted by Crippen LogP contribution is -2.35. The van der Waals surface area contributed by atoms with E-state index in [1.165, 1.54) is 5.56 Å². The lowest BCUT2D eigenvalue weighted by atomic mass is 9.65. The molecule has 0 aliphatic heterocycles. The second-order valence-electron chi connectivity index (χ2n) is 7.29. The van der Waals surface area contributed by atoms with Gasteiger partial charge in [-0.05, 0) is 22.5 Å². The summed E-state index contributed by atoms with van der Waals surface area (Å²) >= 11 is 0. The van der Waals surface area contributed by atoms with Gasteiger partial charge in [-0.3, -0.25) is 0 Å². The third-order valence-corrected chi connectivity index (χ3v) is 3.92. The Morgan fingerprint density at radius 2 is 1.38 bits per heavy atom. The Morgan fingerprint density at radius 3 is 1.75 bits per heavy atom. The second kappa shape index (κ2) is 3.65. The van der Waals surface area contributed by atoms with Crippen molar-refractivity contribution >= 4 is 0 Å². The molecule has 0 fully saturated rings. The fourth-order valence-electron chi connectivity index (χ4n) is 1.72. The van der Waals surface area contributed by atoms with Gasteiger partial charge in [-0.1, -0.05) is 55.4 Å². The Balaban J connectivity index is 3.31. The van der Waals surface area contributed by atoms with Crippen molar-refractivity contribution < 1.29 is 4.42 Å². The van der Waals surface area contributed by atoms with E-state index in [-0.39, 0.29) is 16.2 Å². The van der Waals surface area contributed by atoms with Crippen LogP contribution in [-0.2, 0) is 10.8 Å². The first-order valence-electron chi connectivity index (χ1n) is 6.06. The third kappa shape index (κ3) is 2.18. The lowest BCUT2D eigenvalue weighted by molar-refractivity contribution is 0.186. The molecule has 0 aliphatic rings. The van der Waals surface area contributed by atoms with Crippen LogP contribution in [0.4, 0.5) is 0 Å². The first-order valence-corrected chi connectivity index (χ1v) is 6.06. The zero-order valence-corrected chi connectivity index (χ0v) is 12.1. The molecule has 1 heterocycles. The maximum atomic E-state index is 5.78. The Bertz CT molecular complexity index is 356. The minimum absolute atomic E-state index is 0.0408. The van der Waals surface area contributed by atoms with Gasteiger partial charge in [0.2, 0.25) is 0 Å². The van der Waals surface area contributed by atoms with E-state index < -0.39 is 0 Å². The van der Waals surface area contributed by atoms with E-state index in [0.29, 0.717) is 0 Å². The molecule has 16 heavy (non-hydrogen) atoms. The molecule has 1 aromatic heterocycles. The first-order chi connectivity index (χ1) is 6.98. The summed E-state index contributed by atoms with van der Waals surface area (Å²) in [6.07, 6.45) is 1.82. The molecule has 0 bridgehead atoms. The van der Waals surface area contributed by atoms with Crippen LogP contribution in [0.15, 0.2) is 16.7 Å². The topological polar surface area (TPSA) is 13.1 Å². The van der Waals surface area contributed by atoms with Gasteiger partial charge < -0.3 is 4.42 Å². The first kappa shape index (κ1) is 13.3. The average Bonchev–Trinajstić information content (AvgIpc) is 2.47. The van der Waals surface area contributed by atoms with Crippen LogP contribution in [0.1, 0.15) is 66.7 Å². The molecule has 1 nitrogen and oxygen atoms in total. The normalized spacial score (nSPS) is 14.2. The number of rotatable bonds is 1. The molecule has 0 unspecified atom stereocenters.